The Bertz CT molecular complexity index is 182. The largest absolute Gasteiger partial charge is 0.390 e. The van der Waals surface area contributed by atoms with Gasteiger partial charge in [0.25, 0.3) is 0 Å². The molecule has 0 radical (unpaired) electrons. The van der Waals surface area contributed by atoms with Crippen molar-refractivity contribution in [3.8, 4) is 0 Å². The molecule has 0 unspecified atom stereocenters. The first-order chi connectivity index (χ1) is 5.65. The van der Waals surface area contributed by atoms with E-state index in [1.54, 1.807) is 27.7 Å². The Hall–Kier alpha value is -0.610. The molecular formula is C9H19NO3. The van der Waals surface area contributed by atoms with Gasteiger partial charge in [0, 0.05) is 0 Å². The molecule has 0 saturated carbocycles. The summed E-state index contributed by atoms with van der Waals surface area (Å²) in [6.45, 7) is 6.92. The van der Waals surface area contributed by atoms with Gasteiger partial charge in [-0.1, -0.05) is 0 Å². The van der Waals surface area contributed by atoms with Crippen LogP contribution in [0.5, 0.6) is 0 Å². The highest BCUT2D eigenvalue weighted by Crippen LogP contribution is 2.12. The van der Waals surface area contributed by atoms with E-state index in [2.05, 4.69) is 0 Å². The van der Waals surface area contributed by atoms with Crippen LogP contribution in [0.4, 0.5) is 0 Å². The minimum Gasteiger partial charge on any atom is -0.390 e. The van der Waals surface area contributed by atoms with E-state index in [0.29, 0.717) is 13.0 Å². The molecule has 0 aromatic rings. The van der Waals surface area contributed by atoms with Gasteiger partial charge in [-0.3, -0.25) is 4.79 Å². The molecule has 0 aromatic heterocycles. The highest BCUT2D eigenvalue weighted by atomic mass is 16.5. The van der Waals surface area contributed by atoms with Crippen LogP contribution in [0.1, 0.15) is 34.1 Å². The molecule has 0 heterocycles. The molecule has 0 aliphatic heterocycles. The first-order valence-electron chi connectivity index (χ1n) is 4.31. The molecule has 1 amide bonds. The summed E-state index contributed by atoms with van der Waals surface area (Å²) in [5.74, 6) is -0.497. The van der Waals surface area contributed by atoms with E-state index in [-0.39, 0.29) is 0 Å². The van der Waals surface area contributed by atoms with E-state index in [1.807, 2.05) is 0 Å². The lowest BCUT2D eigenvalue weighted by atomic mass is 10.1. The minimum atomic E-state index is -0.953. The quantitative estimate of drug-likeness (QED) is 0.658. The van der Waals surface area contributed by atoms with Crippen molar-refractivity contribution in [2.75, 3.05) is 6.61 Å². The zero-order valence-electron chi connectivity index (χ0n) is 8.76. The number of rotatable bonds is 5. The minimum absolute atomic E-state index is 0.319. The first kappa shape index (κ1) is 12.4. The number of carbonyl (C=O) groups is 1. The summed E-state index contributed by atoms with van der Waals surface area (Å²) >= 11 is 0. The van der Waals surface area contributed by atoms with Crippen LogP contribution in [-0.2, 0) is 9.53 Å². The molecular weight excluding hydrogens is 170 g/mol. The third kappa shape index (κ3) is 5.60. The van der Waals surface area contributed by atoms with Crippen LogP contribution in [0, 0.1) is 0 Å². The molecule has 78 valence electrons. The molecule has 4 heteroatoms. The van der Waals surface area contributed by atoms with Crippen molar-refractivity contribution < 1.29 is 14.6 Å². The topological polar surface area (TPSA) is 72.6 Å². The van der Waals surface area contributed by atoms with Gasteiger partial charge in [-0.15, -0.1) is 0 Å². The predicted octanol–water partition coefficient (Wildman–Crippen LogP) is 0.428. The second-order valence-electron chi connectivity index (χ2n) is 4.29. The van der Waals surface area contributed by atoms with Gasteiger partial charge in [0.1, 0.15) is 5.60 Å². The fourth-order valence-electron chi connectivity index (χ4n) is 0.627. The van der Waals surface area contributed by atoms with Crippen molar-refractivity contribution in [3.05, 3.63) is 0 Å². The van der Waals surface area contributed by atoms with Crippen LogP contribution in [0.15, 0.2) is 0 Å². The number of ether oxygens (including phenoxy) is 1. The fraction of sp³-hybridized carbons (Fsp3) is 0.889. The van der Waals surface area contributed by atoms with Gasteiger partial charge < -0.3 is 15.6 Å². The Morgan fingerprint density at radius 3 is 2.15 bits per heavy atom. The maximum atomic E-state index is 10.8. The third-order valence-corrected chi connectivity index (χ3v) is 1.77. The highest BCUT2D eigenvalue weighted by molar-refractivity contribution is 5.82. The van der Waals surface area contributed by atoms with Crippen molar-refractivity contribution in [1.82, 2.24) is 0 Å². The Labute approximate surface area is 79.1 Å². The Balaban J connectivity index is 3.84. The Morgan fingerprint density at radius 1 is 1.38 bits per heavy atom. The monoisotopic (exact) mass is 189 g/mol. The van der Waals surface area contributed by atoms with Gasteiger partial charge in [-0.2, -0.15) is 0 Å². The molecule has 13 heavy (non-hydrogen) atoms. The zero-order valence-corrected chi connectivity index (χ0v) is 8.76. The fourth-order valence-corrected chi connectivity index (χ4v) is 0.627. The van der Waals surface area contributed by atoms with Crippen molar-refractivity contribution in [3.63, 3.8) is 0 Å². The van der Waals surface area contributed by atoms with Crippen LogP contribution < -0.4 is 5.73 Å². The summed E-state index contributed by atoms with van der Waals surface area (Å²) in [5.41, 5.74) is 3.37. The lowest BCUT2D eigenvalue weighted by molar-refractivity contribution is -0.140. The van der Waals surface area contributed by atoms with Crippen LogP contribution in [0.3, 0.4) is 0 Å². The summed E-state index contributed by atoms with van der Waals surface area (Å²) in [4.78, 5) is 10.8. The number of nitrogens with two attached hydrogens (primary N) is 1. The Kier molecular flexibility index (Phi) is 3.88. The molecule has 0 aliphatic rings. The van der Waals surface area contributed by atoms with Gasteiger partial charge in [-0.25, -0.2) is 0 Å². The van der Waals surface area contributed by atoms with Gasteiger partial charge in [0.2, 0.25) is 5.91 Å². The van der Waals surface area contributed by atoms with Crippen molar-refractivity contribution in [2.24, 2.45) is 5.73 Å². The second kappa shape index (κ2) is 4.07. The lowest BCUT2D eigenvalue weighted by Gasteiger charge is -2.24. The highest BCUT2D eigenvalue weighted by Gasteiger charge is 2.26. The summed E-state index contributed by atoms with van der Waals surface area (Å²) in [6, 6.07) is 0. The maximum Gasteiger partial charge on any atom is 0.249 e. The SMILES string of the molecule is CC(C)(O)CCOC(C)(C)C(N)=O. The smallest absolute Gasteiger partial charge is 0.249 e. The average Bonchev–Trinajstić information content (AvgIpc) is 1.82. The van der Waals surface area contributed by atoms with Crippen molar-refractivity contribution in [2.45, 2.75) is 45.3 Å². The number of primary amides is 1. The molecule has 0 spiro atoms. The third-order valence-electron chi connectivity index (χ3n) is 1.77. The molecule has 0 bridgehead atoms. The molecule has 4 nitrogen and oxygen atoms in total. The summed E-state index contributed by atoms with van der Waals surface area (Å²) in [7, 11) is 0. The molecule has 0 rings (SSSR count). The van der Waals surface area contributed by atoms with E-state index in [4.69, 9.17) is 10.5 Å². The summed E-state index contributed by atoms with van der Waals surface area (Å²) in [6.07, 6.45) is 0.476. The Morgan fingerprint density at radius 2 is 1.85 bits per heavy atom. The van der Waals surface area contributed by atoms with Crippen LogP contribution >= 0.6 is 0 Å². The van der Waals surface area contributed by atoms with Crippen LogP contribution in [0.25, 0.3) is 0 Å². The molecule has 3 N–H and O–H groups in total. The molecule has 0 atom stereocenters. The van der Waals surface area contributed by atoms with Gasteiger partial charge in [-0.05, 0) is 34.1 Å². The van der Waals surface area contributed by atoms with E-state index in [0.717, 1.165) is 0 Å². The van der Waals surface area contributed by atoms with E-state index in [1.165, 1.54) is 0 Å². The molecule has 0 fully saturated rings. The van der Waals surface area contributed by atoms with E-state index >= 15 is 0 Å². The second-order valence-corrected chi connectivity index (χ2v) is 4.29. The van der Waals surface area contributed by atoms with Gasteiger partial charge in [0.15, 0.2) is 0 Å². The summed E-state index contributed by atoms with van der Waals surface area (Å²) in [5, 5.41) is 9.36. The average molecular weight is 189 g/mol. The molecule has 0 aromatic carbocycles. The first-order valence-corrected chi connectivity index (χ1v) is 4.31. The van der Waals surface area contributed by atoms with Crippen molar-refractivity contribution >= 4 is 5.91 Å². The maximum absolute atomic E-state index is 10.8. The molecule has 0 aliphatic carbocycles. The molecule has 0 saturated heterocycles. The number of aliphatic hydroxyl groups is 1. The van der Waals surface area contributed by atoms with Crippen LogP contribution in [0.2, 0.25) is 0 Å². The van der Waals surface area contributed by atoms with Crippen LogP contribution in [-0.4, -0.2) is 28.8 Å². The van der Waals surface area contributed by atoms with E-state index < -0.39 is 17.1 Å². The van der Waals surface area contributed by atoms with Gasteiger partial charge in [0.05, 0.1) is 12.2 Å². The summed E-state index contributed by atoms with van der Waals surface area (Å²) < 4.78 is 5.23. The normalized spacial score (nSPS) is 13.0. The number of hydrogen-bond acceptors (Lipinski definition) is 3. The predicted molar refractivity (Wildman–Crippen MR) is 50.1 cm³/mol. The number of carbonyl (C=O) groups excluding carboxylic acids is 1. The number of amides is 1. The standard InChI is InChI=1S/C9H19NO3/c1-8(2,12)5-6-13-9(3,4)7(10)11/h12H,5-6H2,1-4H3,(H2,10,11). The number of hydrogen-bond donors (Lipinski definition) is 2. The lowest BCUT2D eigenvalue weighted by Crippen LogP contribution is -2.41. The van der Waals surface area contributed by atoms with Crippen molar-refractivity contribution in [1.29, 1.82) is 0 Å². The zero-order chi connectivity index (χ0) is 10.7. The van der Waals surface area contributed by atoms with Gasteiger partial charge >= 0.3 is 0 Å². The van der Waals surface area contributed by atoms with E-state index in [9.17, 15) is 9.90 Å².